The molecule has 0 aliphatic rings. The molecule has 0 amide bonds. The smallest absolute Gasteiger partial charge is 0.104 e. The van der Waals surface area contributed by atoms with E-state index < -0.39 is 0 Å². The summed E-state index contributed by atoms with van der Waals surface area (Å²) in [4.78, 5) is 3.97. The predicted molar refractivity (Wildman–Crippen MR) is 54.7 cm³/mol. The second-order valence-corrected chi connectivity index (χ2v) is 3.13. The molecule has 2 nitrogen and oxygen atoms in total. The molecule has 2 aromatic heterocycles. The third-order valence-corrected chi connectivity index (χ3v) is 2.06. The van der Waals surface area contributed by atoms with Crippen molar-refractivity contribution in [1.29, 1.82) is 0 Å². The van der Waals surface area contributed by atoms with Crippen molar-refractivity contribution in [3.8, 4) is 0 Å². The molecule has 0 N–H and O–H groups in total. The number of furan rings is 1. The van der Waals surface area contributed by atoms with E-state index in [0.717, 1.165) is 18.6 Å². The van der Waals surface area contributed by atoms with Crippen molar-refractivity contribution in [2.24, 2.45) is 0 Å². The maximum Gasteiger partial charge on any atom is 0.104 e. The zero-order valence-corrected chi connectivity index (χ0v) is 7.89. The fraction of sp³-hybridized carbons (Fsp3) is 0.167. The number of hydrogen-bond donors (Lipinski definition) is 0. The Morgan fingerprint density at radius 3 is 2.71 bits per heavy atom. The zero-order valence-electron chi connectivity index (χ0n) is 7.89. The highest BCUT2D eigenvalue weighted by Gasteiger charge is 1.96. The summed E-state index contributed by atoms with van der Waals surface area (Å²) in [5.41, 5.74) is 1.28. The van der Waals surface area contributed by atoms with Crippen LogP contribution in [0.15, 0.2) is 47.3 Å². The lowest BCUT2D eigenvalue weighted by atomic mass is 10.1. The monoisotopic (exact) mass is 186 g/mol. The zero-order chi connectivity index (χ0) is 9.64. The van der Waals surface area contributed by atoms with E-state index in [9.17, 15) is 0 Å². The minimum Gasteiger partial charge on any atom is -0.469 e. The SMILES string of the molecule is [CH](Cc1ccncc1)Cc1ccco1. The normalized spacial score (nSPS) is 10.3. The maximum atomic E-state index is 5.23. The molecule has 14 heavy (non-hydrogen) atoms. The Hall–Kier alpha value is -1.57. The van der Waals surface area contributed by atoms with E-state index in [4.69, 9.17) is 4.42 Å². The molecule has 0 aromatic carbocycles. The largest absolute Gasteiger partial charge is 0.469 e. The van der Waals surface area contributed by atoms with Gasteiger partial charge in [-0.2, -0.15) is 0 Å². The highest BCUT2D eigenvalue weighted by atomic mass is 16.3. The average molecular weight is 186 g/mol. The van der Waals surface area contributed by atoms with Gasteiger partial charge in [-0.05, 0) is 42.7 Å². The van der Waals surface area contributed by atoms with Crippen LogP contribution in [-0.4, -0.2) is 4.98 Å². The van der Waals surface area contributed by atoms with Gasteiger partial charge in [-0.1, -0.05) is 0 Å². The van der Waals surface area contributed by atoms with Gasteiger partial charge in [0.05, 0.1) is 6.26 Å². The third kappa shape index (κ3) is 2.46. The van der Waals surface area contributed by atoms with Crippen molar-refractivity contribution in [1.82, 2.24) is 4.98 Å². The van der Waals surface area contributed by atoms with Crippen molar-refractivity contribution in [3.05, 3.63) is 60.7 Å². The third-order valence-electron chi connectivity index (χ3n) is 2.06. The molecule has 0 fully saturated rings. The predicted octanol–water partition coefficient (Wildman–Crippen LogP) is 2.66. The summed E-state index contributed by atoms with van der Waals surface area (Å²) in [6, 6.07) is 7.95. The highest BCUT2D eigenvalue weighted by molar-refractivity contribution is 5.13. The molecule has 2 rings (SSSR count). The molecule has 0 bridgehead atoms. The van der Waals surface area contributed by atoms with Crippen molar-refractivity contribution in [2.45, 2.75) is 12.8 Å². The first-order chi connectivity index (χ1) is 6.95. The van der Waals surface area contributed by atoms with Crippen LogP contribution in [0.4, 0.5) is 0 Å². The van der Waals surface area contributed by atoms with Gasteiger partial charge >= 0.3 is 0 Å². The molecule has 2 heteroatoms. The van der Waals surface area contributed by atoms with E-state index in [0.29, 0.717) is 0 Å². The molecule has 0 unspecified atom stereocenters. The molecule has 0 aliphatic heterocycles. The Labute approximate surface area is 83.6 Å². The Kier molecular flexibility index (Phi) is 2.96. The topological polar surface area (TPSA) is 26.0 Å². The molecule has 1 radical (unpaired) electrons. The highest BCUT2D eigenvalue weighted by Crippen LogP contribution is 2.06. The first-order valence-electron chi connectivity index (χ1n) is 4.68. The van der Waals surface area contributed by atoms with Crippen LogP contribution in [0.3, 0.4) is 0 Å². The molecule has 0 saturated carbocycles. The van der Waals surface area contributed by atoms with Crippen LogP contribution >= 0.6 is 0 Å². The van der Waals surface area contributed by atoms with Gasteiger partial charge in [0.15, 0.2) is 0 Å². The molecule has 71 valence electrons. The molecule has 2 aromatic rings. The van der Waals surface area contributed by atoms with E-state index in [1.54, 1.807) is 6.26 Å². The lowest BCUT2D eigenvalue weighted by Gasteiger charge is -1.98. The molecule has 0 aliphatic carbocycles. The van der Waals surface area contributed by atoms with Crippen LogP contribution in [0.5, 0.6) is 0 Å². The van der Waals surface area contributed by atoms with Crippen LogP contribution in [0.2, 0.25) is 0 Å². The molecule has 2 heterocycles. The van der Waals surface area contributed by atoms with Crippen LogP contribution in [-0.2, 0) is 12.8 Å². The van der Waals surface area contributed by atoms with Crippen LogP contribution in [0.25, 0.3) is 0 Å². The van der Waals surface area contributed by atoms with E-state index in [-0.39, 0.29) is 0 Å². The second kappa shape index (κ2) is 4.61. The standard InChI is InChI=1S/C12H12NO/c1(4-12-5-2-10-14-12)3-11-6-8-13-9-7-11/h1-2,5-10H,3-4H2. The average Bonchev–Trinajstić information content (AvgIpc) is 2.72. The number of nitrogens with zero attached hydrogens (tertiary/aromatic N) is 1. The number of aromatic nitrogens is 1. The van der Waals surface area contributed by atoms with Crippen LogP contribution < -0.4 is 0 Å². The van der Waals surface area contributed by atoms with Crippen LogP contribution in [0, 0.1) is 6.42 Å². The first-order valence-corrected chi connectivity index (χ1v) is 4.68. The van der Waals surface area contributed by atoms with E-state index in [1.165, 1.54) is 5.56 Å². The quantitative estimate of drug-likeness (QED) is 0.733. The van der Waals surface area contributed by atoms with Gasteiger partial charge in [-0.15, -0.1) is 0 Å². The fourth-order valence-electron chi connectivity index (χ4n) is 1.33. The minimum atomic E-state index is 0.884. The van der Waals surface area contributed by atoms with Crippen molar-refractivity contribution in [3.63, 3.8) is 0 Å². The van der Waals surface area contributed by atoms with Gasteiger partial charge in [0.2, 0.25) is 0 Å². The lowest BCUT2D eigenvalue weighted by Crippen LogP contribution is -1.89. The summed E-state index contributed by atoms with van der Waals surface area (Å²) >= 11 is 0. The van der Waals surface area contributed by atoms with E-state index in [2.05, 4.69) is 11.4 Å². The van der Waals surface area contributed by atoms with E-state index in [1.807, 2.05) is 36.7 Å². The Balaban J connectivity index is 1.79. The molecular weight excluding hydrogens is 174 g/mol. The lowest BCUT2D eigenvalue weighted by molar-refractivity contribution is 0.517. The summed E-state index contributed by atoms with van der Waals surface area (Å²) in [6.45, 7) is 0. The fourth-order valence-corrected chi connectivity index (χ4v) is 1.33. The van der Waals surface area contributed by atoms with Gasteiger partial charge in [0, 0.05) is 18.8 Å². The molecule has 0 spiro atoms. The van der Waals surface area contributed by atoms with Gasteiger partial charge < -0.3 is 4.42 Å². The van der Waals surface area contributed by atoms with Crippen LogP contribution in [0.1, 0.15) is 11.3 Å². The summed E-state index contributed by atoms with van der Waals surface area (Å²) in [7, 11) is 0. The van der Waals surface area contributed by atoms with E-state index >= 15 is 0 Å². The molecule has 0 saturated heterocycles. The molecule has 0 atom stereocenters. The minimum absolute atomic E-state index is 0.884. The molecular formula is C12H12NO. The van der Waals surface area contributed by atoms with Crippen molar-refractivity contribution < 1.29 is 4.42 Å². The number of hydrogen-bond acceptors (Lipinski definition) is 2. The Morgan fingerprint density at radius 1 is 1.14 bits per heavy atom. The Bertz CT molecular complexity index is 353. The summed E-state index contributed by atoms with van der Waals surface area (Å²) in [5, 5.41) is 0. The second-order valence-electron chi connectivity index (χ2n) is 3.13. The number of pyridine rings is 1. The summed E-state index contributed by atoms with van der Waals surface area (Å²) < 4.78 is 5.23. The maximum absolute atomic E-state index is 5.23. The van der Waals surface area contributed by atoms with Gasteiger partial charge in [-0.3, -0.25) is 4.98 Å². The summed E-state index contributed by atoms with van der Waals surface area (Å²) in [6.07, 6.45) is 9.38. The van der Waals surface area contributed by atoms with Crippen molar-refractivity contribution >= 4 is 0 Å². The Morgan fingerprint density at radius 2 is 2.00 bits per heavy atom. The van der Waals surface area contributed by atoms with Gasteiger partial charge in [0.1, 0.15) is 5.76 Å². The van der Waals surface area contributed by atoms with Gasteiger partial charge in [-0.25, -0.2) is 0 Å². The van der Waals surface area contributed by atoms with Crippen molar-refractivity contribution in [2.75, 3.05) is 0 Å². The number of rotatable bonds is 4. The first kappa shape index (κ1) is 9.00. The summed E-state index contributed by atoms with van der Waals surface area (Å²) in [5.74, 6) is 1.01. The van der Waals surface area contributed by atoms with Gasteiger partial charge in [0.25, 0.3) is 0 Å².